The van der Waals surface area contributed by atoms with Gasteiger partial charge in [-0.2, -0.15) is 0 Å². The van der Waals surface area contributed by atoms with Gasteiger partial charge in [-0.15, -0.1) is 0 Å². The second-order valence-electron chi connectivity index (χ2n) is 27.2. The summed E-state index contributed by atoms with van der Waals surface area (Å²) in [6.07, 6.45) is 11.3. The van der Waals surface area contributed by atoms with Gasteiger partial charge in [0.05, 0.1) is 5.52 Å². The van der Waals surface area contributed by atoms with Crippen LogP contribution in [0, 0.1) is 56.8 Å². The van der Waals surface area contributed by atoms with Crippen molar-refractivity contribution in [3.05, 3.63) is 219 Å². The summed E-state index contributed by atoms with van der Waals surface area (Å²) in [4.78, 5) is 79.5. The molecule has 3 saturated carbocycles. The highest BCUT2D eigenvalue weighted by atomic mass is 19.1. The molecule has 530 valence electrons. The second kappa shape index (κ2) is 30.6. The van der Waals surface area contributed by atoms with Gasteiger partial charge in [0.15, 0.2) is 0 Å². The fourth-order valence-corrected chi connectivity index (χ4v) is 15.8. The summed E-state index contributed by atoms with van der Waals surface area (Å²) in [7, 11) is 0. The number of carboxylic acid groups (broad SMARTS) is 3. The van der Waals surface area contributed by atoms with E-state index in [1.165, 1.54) is 60.7 Å². The number of pyridine rings is 1. The number of fused-ring (bicyclic) bond motifs is 5. The number of amides is 4. The Bertz CT molecular complexity index is 5030. The van der Waals surface area contributed by atoms with Gasteiger partial charge >= 0.3 is 23.9 Å². The number of urea groups is 1. The number of carboxylic acids is 3. The third kappa shape index (κ3) is 15.8. The number of aryl methyl sites for hydroxylation is 1. The zero-order valence-corrected chi connectivity index (χ0v) is 56.9. The summed E-state index contributed by atoms with van der Waals surface area (Å²) in [5.74, 6) is -4.29. The third-order valence-electron chi connectivity index (χ3n) is 20.7. The lowest BCUT2D eigenvalue weighted by Gasteiger charge is -2.29. The molecule has 0 radical (unpaired) electrons. The summed E-state index contributed by atoms with van der Waals surface area (Å²) in [6.45, 7) is 7.33. The van der Waals surface area contributed by atoms with Crippen LogP contribution >= 0.6 is 0 Å². The number of carbonyl (C=O) groups excluding carboxylic acids is 3. The number of H-pyrrole nitrogens is 1. The summed E-state index contributed by atoms with van der Waals surface area (Å²) < 4.78 is 74.1. The van der Waals surface area contributed by atoms with Crippen LogP contribution < -0.4 is 21.3 Å². The second-order valence-corrected chi connectivity index (χ2v) is 27.2. The molecule has 6 aromatic carbocycles. The van der Waals surface area contributed by atoms with Gasteiger partial charge in [-0.1, -0.05) is 18.2 Å². The van der Waals surface area contributed by atoms with Gasteiger partial charge in [0.2, 0.25) is 0 Å². The van der Waals surface area contributed by atoms with Crippen molar-refractivity contribution < 1.29 is 66.0 Å². The molecule has 3 aliphatic rings. The number of aromatic amines is 1. The quantitative estimate of drug-likeness (QED) is 0.0425. The molecule has 0 atom stereocenters. The summed E-state index contributed by atoms with van der Waals surface area (Å²) in [5.41, 5.74) is 11.9. The first kappa shape index (κ1) is 71.0. The number of aromatic nitrogens is 5. The van der Waals surface area contributed by atoms with E-state index in [4.69, 9.17) is 0 Å². The van der Waals surface area contributed by atoms with E-state index in [2.05, 4.69) is 31.2 Å². The van der Waals surface area contributed by atoms with Gasteiger partial charge in [0.1, 0.15) is 54.4 Å². The van der Waals surface area contributed by atoms with Crippen LogP contribution in [0.2, 0.25) is 0 Å². The minimum Gasteiger partial charge on any atom is -0.480 e. The molecule has 14 rings (SSSR count). The van der Waals surface area contributed by atoms with E-state index in [0.29, 0.717) is 28.7 Å². The van der Waals surface area contributed by atoms with Crippen molar-refractivity contribution in [2.75, 3.05) is 0 Å². The van der Waals surface area contributed by atoms with Gasteiger partial charge < -0.3 is 55.3 Å². The predicted molar refractivity (Wildman–Crippen MR) is 379 cm³/mol. The maximum absolute atomic E-state index is 14.1. The molecule has 0 saturated heterocycles. The number of nitrogens with zero attached hydrogens (tertiary/aromatic N) is 4. The molecule has 0 unspecified atom stereocenters. The summed E-state index contributed by atoms with van der Waals surface area (Å²) in [5, 5.41) is 44.1. The normalized spacial score (nSPS) is 18.3. The van der Waals surface area contributed by atoms with Crippen LogP contribution in [0.1, 0.15) is 161 Å². The molecule has 23 heteroatoms. The number of hydrogen-bond donors (Lipinski definition) is 8. The molecule has 5 aromatic heterocycles. The van der Waals surface area contributed by atoms with Crippen LogP contribution in [0.5, 0.6) is 0 Å². The average molecular weight is 1390 g/mol. The molecule has 18 nitrogen and oxygen atoms in total. The zero-order chi connectivity index (χ0) is 72.2. The molecule has 0 bridgehead atoms. The van der Waals surface area contributed by atoms with E-state index in [1.54, 1.807) is 63.2 Å². The van der Waals surface area contributed by atoms with E-state index >= 15 is 0 Å². The van der Waals surface area contributed by atoms with E-state index in [0.717, 1.165) is 166 Å². The lowest BCUT2D eigenvalue weighted by molar-refractivity contribution is -0.138. The first-order valence-corrected chi connectivity index (χ1v) is 34.5. The van der Waals surface area contributed by atoms with Crippen molar-refractivity contribution in [1.29, 1.82) is 0 Å². The Labute approximate surface area is 584 Å². The molecule has 0 aliphatic heterocycles. The maximum atomic E-state index is 14.1. The van der Waals surface area contributed by atoms with Gasteiger partial charge in [-0.25, -0.2) is 26.7 Å². The van der Waals surface area contributed by atoms with Gasteiger partial charge in [0.25, 0.3) is 11.8 Å². The third-order valence-corrected chi connectivity index (χ3v) is 20.7. The lowest BCUT2D eigenvalue weighted by atomic mass is 9.80. The number of hydrogen-bond acceptors (Lipinski definition) is 7. The van der Waals surface area contributed by atoms with Crippen LogP contribution in [-0.4, -0.2) is 92.9 Å². The molecule has 102 heavy (non-hydrogen) atoms. The number of benzene rings is 6. The Morgan fingerprint density at radius 3 is 1.34 bits per heavy atom. The van der Waals surface area contributed by atoms with E-state index < -0.39 is 17.9 Å². The van der Waals surface area contributed by atoms with Crippen molar-refractivity contribution >= 4 is 90.3 Å². The van der Waals surface area contributed by atoms with E-state index in [1.807, 2.05) is 51.1 Å². The molecular formula is C79H80F5N9O9. The lowest BCUT2D eigenvalue weighted by Crippen LogP contribution is -2.43. The number of aliphatic carboxylic acids is 3. The topological polar surface area (TPSA) is 255 Å². The standard InChI is InChI=1S/C27H26FN3O3.C26H25F2N3O3.C26H29F2N3O3/c1-16-26(22-14-20(28)8-11-24(22)31(16)15-25(32)33)18-6-9-21(10-7-18)30-27(34)19-5-4-17-3-2-12-29-23(17)13-19;1-14-25(20-12-18(28)5-9-23(20)31(14)13-24(32)33)15-2-6-19(7-3-15)29-26(34)22-11-16-10-17(27)4-8-21(16)30-22;1-15-11-19(27)6-3-18(15)13-29-26(34)30-21-8-4-17(5-9-21)25-16(2)31(14-24(32)33)23-10-7-20(28)12-22(23)25/h2-5,8,11-14,18,21H,6-7,9-10,15H2,1H3,(H,30,34)(H,32,33);4-5,8-12,15,19,30H,2-3,6-7,13H2,1H3,(H,29,34)(H,32,33);3,6-7,10-12,17,21H,4-5,8-9,13-14H2,1-2H3,(H,32,33)(H2,29,30,34). The molecular weight excluding hydrogens is 1310 g/mol. The fourth-order valence-electron chi connectivity index (χ4n) is 15.8. The number of carbonyl (C=O) groups is 6. The maximum Gasteiger partial charge on any atom is 0.323 e. The summed E-state index contributed by atoms with van der Waals surface area (Å²) >= 11 is 0. The van der Waals surface area contributed by atoms with Gasteiger partial charge in [-0.05, 0) is 260 Å². The van der Waals surface area contributed by atoms with Crippen molar-refractivity contribution in [2.45, 2.75) is 167 Å². The van der Waals surface area contributed by atoms with Crippen LogP contribution in [0.15, 0.2) is 134 Å². The Morgan fingerprint density at radius 2 is 0.882 bits per heavy atom. The van der Waals surface area contributed by atoms with Crippen molar-refractivity contribution in [3.63, 3.8) is 0 Å². The minimum absolute atomic E-state index is 0.00342. The number of halogens is 5. The fraction of sp³-hybridized carbons (Fsp3) is 0.329. The Morgan fingerprint density at radius 1 is 0.461 bits per heavy atom. The van der Waals surface area contributed by atoms with Crippen LogP contribution in [-0.2, 0) is 40.6 Å². The first-order valence-electron chi connectivity index (χ1n) is 34.5. The highest BCUT2D eigenvalue weighted by molar-refractivity contribution is 5.99. The first-order chi connectivity index (χ1) is 48.9. The smallest absolute Gasteiger partial charge is 0.323 e. The van der Waals surface area contributed by atoms with Crippen LogP contribution in [0.4, 0.5) is 26.7 Å². The Balaban J connectivity index is 0.000000144. The van der Waals surface area contributed by atoms with E-state index in [-0.39, 0.29) is 102 Å². The Kier molecular flexibility index (Phi) is 21.3. The highest BCUT2D eigenvalue weighted by Crippen LogP contribution is 2.44. The summed E-state index contributed by atoms with van der Waals surface area (Å²) in [6, 6.07) is 33.2. The minimum atomic E-state index is -0.943. The SMILES string of the molecule is Cc1c(C2CCC(NC(=O)c3cc4cc(F)ccc4[nH]3)CC2)c2cc(F)ccc2n1CC(=O)O.Cc1c(C2CCC(NC(=O)c3ccc4cccnc4c3)CC2)c2cc(F)ccc2n1CC(=O)O.Cc1cc(F)ccc1CNC(=O)NC1CCC(c2c(C)n(CC(=O)O)c3ccc(F)cc23)CC1. The molecule has 8 N–H and O–H groups in total. The van der Waals surface area contributed by atoms with Gasteiger partial charge in [-0.3, -0.25) is 29.0 Å². The van der Waals surface area contributed by atoms with Crippen molar-refractivity contribution in [3.8, 4) is 0 Å². The van der Waals surface area contributed by atoms with Gasteiger partial charge in [0, 0.05) is 103 Å². The average Bonchev–Trinajstić information content (AvgIpc) is 1.62. The molecule has 11 aromatic rings. The molecule has 3 aliphatic carbocycles. The van der Waals surface area contributed by atoms with Crippen molar-refractivity contribution in [2.24, 2.45) is 0 Å². The van der Waals surface area contributed by atoms with Crippen LogP contribution in [0.3, 0.4) is 0 Å². The Hall–Kier alpha value is -10.8. The largest absolute Gasteiger partial charge is 0.480 e. The number of rotatable bonds is 16. The molecule has 4 amide bonds. The predicted octanol–water partition coefficient (Wildman–Crippen LogP) is 15.6. The van der Waals surface area contributed by atoms with Crippen molar-refractivity contribution in [1.82, 2.24) is 44.9 Å². The zero-order valence-electron chi connectivity index (χ0n) is 56.9. The highest BCUT2D eigenvalue weighted by Gasteiger charge is 2.33. The molecule has 0 spiro atoms. The van der Waals surface area contributed by atoms with Crippen LogP contribution in [0.25, 0.3) is 54.5 Å². The number of nitrogens with one attached hydrogen (secondary N) is 5. The molecule has 5 heterocycles. The van der Waals surface area contributed by atoms with E-state index in [9.17, 15) is 66.0 Å². The monoisotopic (exact) mass is 1390 g/mol. The molecule has 3 fully saturated rings.